The van der Waals surface area contributed by atoms with Crippen LogP contribution in [0.15, 0.2) is 48.5 Å². The Morgan fingerprint density at radius 2 is 1.88 bits per heavy atom. The average molecular weight is 456 g/mol. The van der Waals surface area contributed by atoms with Crippen molar-refractivity contribution in [3.05, 3.63) is 65.5 Å². The smallest absolute Gasteiger partial charge is 0.318 e. The lowest BCUT2D eigenvalue weighted by Crippen LogP contribution is -2.56. The minimum Gasteiger partial charge on any atom is -0.491 e. The van der Waals surface area contributed by atoms with Gasteiger partial charge in [-0.05, 0) is 62.1 Å². The molecular weight excluding hydrogens is 421 g/mol. The van der Waals surface area contributed by atoms with Gasteiger partial charge in [-0.1, -0.05) is 24.3 Å². The maximum absolute atomic E-state index is 13.4. The first kappa shape index (κ1) is 23.5. The fourth-order valence-corrected chi connectivity index (χ4v) is 4.62. The van der Waals surface area contributed by atoms with Crippen LogP contribution in [-0.2, 0) is 17.8 Å². The molecule has 2 amide bonds. The van der Waals surface area contributed by atoms with Gasteiger partial charge in [-0.2, -0.15) is 0 Å². The molecule has 6 nitrogen and oxygen atoms in total. The van der Waals surface area contributed by atoms with Gasteiger partial charge in [0.05, 0.1) is 19.3 Å². The summed E-state index contributed by atoms with van der Waals surface area (Å²) >= 11 is 0. The first-order valence-electron chi connectivity index (χ1n) is 11.8. The third-order valence-corrected chi connectivity index (χ3v) is 6.35. The second-order valence-corrected chi connectivity index (χ2v) is 9.17. The molecule has 0 spiro atoms. The molecule has 2 aromatic rings. The van der Waals surface area contributed by atoms with E-state index in [4.69, 9.17) is 9.47 Å². The van der Waals surface area contributed by atoms with Crippen LogP contribution in [0.5, 0.6) is 5.75 Å². The average Bonchev–Trinajstić information content (AvgIpc) is 2.82. The van der Waals surface area contributed by atoms with E-state index in [-0.39, 0.29) is 24.0 Å². The molecule has 1 N–H and O–H groups in total. The molecule has 2 aliphatic rings. The van der Waals surface area contributed by atoms with Crippen LogP contribution >= 0.6 is 0 Å². The van der Waals surface area contributed by atoms with Crippen molar-refractivity contribution < 1.29 is 18.7 Å². The Morgan fingerprint density at radius 3 is 2.61 bits per heavy atom. The number of nitrogens with zero attached hydrogens (tertiary/aromatic N) is 2. The van der Waals surface area contributed by atoms with Crippen molar-refractivity contribution in [3.8, 4) is 5.75 Å². The Kier molecular flexibility index (Phi) is 7.83. The summed E-state index contributed by atoms with van der Waals surface area (Å²) in [6.07, 6.45) is 1.93. The van der Waals surface area contributed by atoms with Crippen molar-refractivity contribution in [1.29, 1.82) is 0 Å². The summed E-state index contributed by atoms with van der Waals surface area (Å²) in [6, 6.07) is 14.6. The number of piperidine rings is 1. The third kappa shape index (κ3) is 6.45. The molecule has 2 saturated heterocycles. The minimum atomic E-state index is -0.271. The maximum Gasteiger partial charge on any atom is 0.318 e. The molecular formula is C26H34FN3O3. The van der Waals surface area contributed by atoms with E-state index < -0.39 is 0 Å². The van der Waals surface area contributed by atoms with Crippen LogP contribution in [0.25, 0.3) is 0 Å². The molecule has 2 fully saturated rings. The van der Waals surface area contributed by atoms with E-state index >= 15 is 0 Å². The Morgan fingerprint density at radius 1 is 1.15 bits per heavy atom. The molecule has 0 unspecified atom stereocenters. The molecule has 0 bridgehead atoms. The lowest BCUT2D eigenvalue weighted by molar-refractivity contribution is -0.0398. The molecule has 4 rings (SSSR count). The molecule has 0 aliphatic carbocycles. The largest absolute Gasteiger partial charge is 0.491 e. The number of hydrogen-bond donors (Lipinski definition) is 1. The summed E-state index contributed by atoms with van der Waals surface area (Å²) in [6.45, 7) is 8.29. The zero-order valence-corrected chi connectivity index (χ0v) is 19.5. The van der Waals surface area contributed by atoms with Gasteiger partial charge in [0.25, 0.3) is 0 Å². The number of carbonyl (C=O) groups is 1. The number of benzene rings is 2. The van der Waals surface area contributed by atoms with Gasteiger partial charge in [-0.3, -0.25) is 4.90 Å². The summed E-state index contributed by atoms with van der Waals surface area (Å²) in [5.74, 6) is 0.548. The molecule has 7 heteroatoms. The highest BCUT2D eigenvalue weighted by Gasteiger charge is 2.35. The van der Waals surface area contributed by atoms with Crippen molar-refractivity contribution in [2.24, 2.45) is 0 Å². The van der Waals surface area contributed by atoms with Gasteiger partial charge in [0.2, 0.25) is 0 Å². The number of rotatable bonds is 7. The highest BCUT2D eigenvalue weighted by Crippen LogP contribution is 2.26. The number of amides is 2. The molecule has 0 aromatic heterocycles. The highest BCUT2D eigenvalue weighted by molar-refractivity contribution is 5.74. The monoisotopic (exact) mass is 455 g/mol. The van der Waals surface area contributed by atoms with Crippen LogP contribution in [0, 0.1) is 5.82 Å². The SMILES string of the molecule is CC(C)Oc1ccc(CNC(=O)N(Cc2ccc(F)cc2)[C@H]2CCN3CCOC[C@H]3C2)cc1. The molecule has 2 aliphatic heterocycles. The van der Waals surface area contributed by atoms with E-state index in [1.54, 1.807) is 12.1 Å². The molecule has 178 valence electrons. The maximum atomic E-state index is 13.4. The van der Waals surface area contributed by atoms with Gasteiger partial charge >= 0.3 is 6.03 Å². The fraction of sp³-hybridized carbons (Fsp3) is 0.500. The molecule has 0 saturated carbocycles. The van der Waals surface area contributed by atoms with Crippen molar-refractivity contribution in [2.75, 3.05) is 26.3 Å². The predicted molar refractivity (Wildman–Crippen MR) is 126 cm³/mol. The van der Waals surface area contributed by atoms with E-state index in [1.807, 2.05) is 43.0 Å². The van der Waals surface area contributed by atoms with Gasteiger partial charge < -0.3 is 19.7 Å². The number of ether oxygens (including phenoxy) is 2. The molecule has 2 aromatic carbocycles. The zero-order chi connectivity index (χ0) is 23.2. The number of nitrogens with one attached hydrogen (secondary N) is 1. The second kappa shape index (κ2) is 11.0. The van der Waals surface area contributed by atoms with E-state index in [1.165, 1.54) is 12.1 Å². The second-order valence-electron chi connectivity index (χ2n) is 9.17. The van der Waals surface area contributed by atoms with Crippen molar-refractivity contribution in [2.45, 2.75) is 58.0 Å². The van der Waals surface area contributed by atoms with E-state index in [0.29, 0.717) is 25.7 Å². The van der Waals surface area contributed by atoms with Gasteiger partial charge in [0.1, 0.15) is 11.6 Å². The Hall–Kier alpha value is -2.64. The van der Waals surface area contributed by atoms with Crippen LogP contribution in [0.3, 0.4) is 0 Å². The van der Waals surface area contributed by atoms with E-state index in [2.05, 4.69) is 10.2 Å². The molecule has 33 heavy (non-hydrogen) atoms. The number of urea groups is 1. The number of carbonyl (C=O) groups excluding carboxylic acids is 1. The molecule has 2 atom stereocenters. The van der Waals surface area contributed by atoms with Crippen LogP contribution in [0.2, 0.25) is 0 Å². The van der Waals surface area contributed by atoms with Crippen LogP contribution in [0.1, 0.15) is 37.8 Å². The summed E-state index contributed by atoms with van der Waals surface area (Å²) in [7, 11) is 0. The van der Waals surface area contributed by atoms with Crippen molar-refractivity contribution in [1.82, 2.24) is 15.1 Å². The van der Waals surface area contributed by atoms with Crippen LogP contribution in [-0.4, -0.2) is 60.3 Å². The summed E-state index contributed by atoms with van der Waals surface area (Å²) in [4.78, 5) is 17.7. The molecule has 2 heterocycles. The minimum absolute atomic E-state index is 0.1000. The van der Waals surface area contributed by atoms with Crippen molar-refractivity contribution >= 4 is 6.03 Å². The fourth-order valence-electron chi connectivity index (χ4n) is 4.62. The zero-order valence-electron chi connectivity index (χ0n) is 19.5. The number of hydrogen-bond acceptors (Lipinski definition) is 4. The van der Waals surface area contributed by atoms with Gasteiger partial charge in [0.15, 0.2) is 0 Å². The van der Waals surface area contributed by atoms with E-state index in [9.17, 15) is 9.18 Å². The van der Waals surface area contributed by atoms with Gasteiger partial charge in [-0.15, -0.1) is 0 Å². The Balaban J connectivity index is 1.42. The Labute approximate surface area is 195 Å². The Bertz CT molecular complexity index is 904. The third-order valence-electron chi connectivity index (χ3n) is 6.35. The molecule has 0 radical (unpaired) electrons. The van der Waals surface area contributed by atoms with Crippen molar-refractivity contribution in [3.63, 3.8) is 0 Å². The number of halogens is 1. The summed E-state index contributed by atoms with van der Waals surface area (Å²) < 4.78 is 24.8. The first-order valence-corrected chi connectivity index (χ1v) is 11.8. The van der Waals surface area contributed by atoms with Gasteiger partial charge in [0, 0.05) is 38.3 Å². The van der Waals surface area contributed by atoms with E-state index in [0.717, 1.165) is 49.4 Å². The highest BCUT2D eigenvalue weighted by atomic mass is 19.1. The lowest BCUT2D eigenvalue weighted by Gasteiger charge is -2.45. The van der Waals surface area contributed by atoms with Gasteiger partial charge in [-0.25, -0.2) is 9.18 Å². The standard InChI is InChI=1S/C26H34FN3O3/c1-19(2)33-25-9-5-20(6-10-25)16-28-26(31)30(17-21-3-7-22(27)8-4-21)23-11-12-29-13-14-32-18-24(29)15-23/h3-10,19,23-24H,11-18H2,1-2H3,(H,28,31)/t23-,24+/m0/s1. The number of fused-ring (bicyclic) bond motifs is 1. The van der Waals surface area contributed by atoms with Crippen LogP contribution in [0.4, 0.5) is 9.18 Å². The topological polar surface area (TPSA) is 54.0 Å². The lowest BCUT2D eigenvalue weighted by atomic mass is 9.95. The first-order chi connectivity index (χ1) is 16.0. The summed E-state index contributed by atoms with van der Waals surface area (Å²) in [5, 5.41) is 3.09. The van der Waals surface area contributed by atoms with Crippen LogP contribution < -0.4 is 10.1 Å². The predicted octanol–water partition coefficient (Wildman–Crippen LogP) is 4.19. The summed E-state index contributed by atoms with van der Waals surface area (Å²) in [5.41, 5.74) is 1.93. The number of morpholine rings is 1. The quantitative estimate of drug-likeness (QED) is 0.680. The normalized spacial score (nSPS) is 20.8.